The van der Waals surface area contributed by atoms with Crippen LogP contribution >= 0.6 is 12.2 Å². The second-order valence-corrected chi connectivity index (χ2v) is 6.48. The number of benzene rings is 2. The number of anilines is 1. The van der Waals surface area contributed by atoms with Gasteiger partial charge in [-0.3, -0.25) is 4.79 Å². The number of ether oxygens (including phenoxy) is 1. The fourth-order valence-corrected chi connectivity index (χ4v) is 2.67. The standard InChI is InChI=1S/C21H26N2O2S/c1-2-3-11-20(24)23-21(26)22-18-12-14-19(15-13-18)25-16-7-10-17-8-5-4-6-9-17/h4-6,8-9,12-15H,2-3,7,10-11,16H2,1H3,(H2,22,23,24,26). The summed E-state index contributed by atoms with van der Waals surface area (Å²) in [7, 11) is 0. The molecule has 0 heterocycles. The largest absolute Gasteiger partial charge is 0.494 e. The molecule has 2 aromatic rings. The number of aryl methyl sites for hydroxylation is 1. The number of amides is 1. The van der Waals surface area contributed by atoms with Crippen molar-refractivity contribution in [3.05, 3.63) is 60.2 Å². The fourth-order valence-electron chi connectivity index (χ4n) is 2.43. The van der Waals surface area contributed by atoms with Gasteiger partial charge in [-0.2, -0.15) is 0 Å². The number of nitrogens with one attached hydrogen (secondary N) is 2. The molecule has 0 radical (unpaired) electrons. The zero-order valence-corrected chi connectivity index (χ0v) is 16.0. The maximum absolute atomic E-state index is 11.6. The highest BCUT2D eigenvalue weighted by atomic mass is 32.1. The van der Waals surface area contributed by atoms with Gasteiger partial charge in [-0.15, -0.1) is 0 Å². The molecule has 0 aliphatic rings. The van der Waals surface area contributed by atoms with E-state index in [0.717, 1.165) is 37.1 Å². The van der Waals surface area contributed by atoms with E-state index in [4.69, 9.17) is 17.0 Å². The summed E-state index contributed by atoms with van der Waals surface area (Å²) in [6.45, 7) is 2.72. The molecule has 2 rings (SSSR count). The molecule has 138 valence electrons. The van der Waals surface area contributed by atoms with E-state index in [1.165, 1.54) is 5.56 Å². The molecule has 5 heteroatoms. The van der Waals surface area contributed by atoms with Crippen molar-refractivity contribution in [1.82, 2.24) is 5.32 Å². The summed E-state index contributed by atoms with van der Waals surface area (Å²) in [6.07, 6.45) is 4.32. The Kier molecular flexibility index (Phi) is 8.63. The van der Waals surface area contributed by atoms with Crippen molar-refractivity contribution in [3.8, 4) is 5.75 Å². The van der Waals surface area contributed by atoms with Crippen LogP contribution < -0.4 is 15.4 Å². The lowest BCUT2D eigenvalue weighted by Crippen LogP contribution is -2.33. The molecule has 0 saturated carbocycles. The Labute approximate surface area is 161 Å². The minimum absolute atomic E-state index is 0.0530. The summed E-state index contributed by atoms with van der Waals surface area (Å²) >= 11 is 5.15. The van der Waals surface area contributed by atoms with E-state index in [0.29, 0.717) is 18.1 Å². The number of unbranched alkanes of at least 4 members (excludes halogenated alkanes) is 1. The topological polar surface area (TPSA) is 50.4 Å². The van der Waals surface area contributed by atoms with Gasteiger partial charge in [-0.25, -0.2) is 0 Å². The van der Waals surface area contributed by atoms with E-state index in [9.17, 15) is 4.79 Å². The van der Waals surface area contributed by atoms with Gasteiger partial charge in [0.25, 0.3) is 0 Å². The van der Waals surface area contributed by atoms with Crippen LogP contribution in [-0.2, 0) is 11.2 Å². The predicted octanol–water partition coefficient (Wildman–Crippen LogP) is 4.70. The molecule has 0 aliphatic heterocycles. The summed E-state index contributed by atoms with van der Waals surface area (Å²) in [5.74, 6) is 0.768. The van der Waals surface area contributed by atoms with Crippen molar-refractivity contribution in [2.24, 2.45) is 0 Å². The van der Waals surface area contributed by atoms with Gasteiger partial charge in [0.1, 0.15) is 5.75 Å². The van der Waals surface area contributed by atoms with Crippen LogP contribution in [0.4, 0.5) is 5.69 Å². The van der Waals surface area contributed by atoms with Crippen LogP contribution in [0.5, 0.6) is 5.75 Å². The van der Waals surface area contributed by atoms with Crippen molar-refractivity contribution in [1.29, 1.82) is 0 Å². The Morgan fingerprint density at radius 3 is 2.46 bits per heavy atom. The molecule has 4 nitrogen and oxygen atoms in total. The quantitative estimate of drug-likeness (QED) is 0.496. The predicted molar refractivity (Wildman–Crippen MR) is 111 cm³/mol. The summed E-state index contributed by atoms with van der Waals surface area (Å²) in [5.41, 5.74) is 2.15. The number of carbonyl (C=O) groups excluding carboxylic acids is 1. The average molecular weight is 371 g/mol. The molecule has 0 aromatic heterocycles. The monoisotopic (exact) mass is 370 g/mol. The summed E-state index contributed by atoms with van der Waals surface area (Å²) in [4.78, 5) is 11.6. The van der Waals surface area contributed by atoms with Gasteiger partial charge in [0.15, 0.2) is 5.11 Å². The van der Waals surface area contributed by atoms with Gasteiger partial charge in [-0.1, -0.05) is 43.7 Å². The maximum Gasteiger partial charge on any atom is 0.226 e. The molecule has 0 atom stereocenters. The fraction of sp³-hybridized carbons (Fsp3) is 0.333. The summed E-state index contributed by atoms with van der Waals surface area (Å²) in [6, 6.07) is 18.0. The minimum atomic E-state index is -0.0530. The lowest BCUT2D eigenvalue weighted by molar-refractivity contribution is -0.119. The van der Waals surface area contributed by atoms with E-state index in [2.05, 4.69) is 41.8 Å². The molecule has 0 bridgehead atoms. The third-order valence-corrected chi connectivity index (χ3v) is 4.05. The zero-order chi connectivity index (χ0) is 18.6. The lowest BCUT2D eigenvalue weighted by atomic mass is 10.1. The third kappa shape index (κ3) is 7.66. The minimum Gasteiger partial charge on any atom is -0.494 e. The number of hydrogen-bond donors (Lipinski definition) is 2. The van der Waals surface area contributed by atoms with E-state index in [-0.39, 0.29) is 5.91 Å². The first-order valence-corrected chi connectivity index (χ1v) is 9.46. The lowest BCUT2D eigenvalue weighted by Gasteiger charge is -2.11. The van der Waals surface area contributed by atoms with Crippen LogP contribution in [0.25, 0.3) is 0 Å². The highest BCUT2D eigenvalue weighted by Crippen LogP contribution is 2.16. The normalized spacial score (nSPS) is 10.2. The van der Waals surface area contributed by atoms with Crippen LogP contribution in [0.1, 0.15) is 38.2 Å². The second kappa shape index (κ2) is 11.3. The molecule has 0 unspecified atom stereocenters. The van der Waals surface area contributed by atoms with Crippen molar-refractivity contribution in [2.45, 2.75) is 39.0 Å². The molecule has 0 saturated heterocycles. The molecule has 0 spiro atoms. The third-order valence-electron chi connectivity index (χ3n) is 3.84. The first kappa shape index (κ1) is 19.9. The number of rotatable bonds is 9. The highest BCUT2D eigenvalue weighted by molar-refractivity contribution is 7.80. The van der Waals surface area contributed by atoms with Crippen molar-refractivity contribution >= 4 is 28.9 Å². The maximum atomic E-state index is 11.6. The SMILES string of the molecule is CCCCC(=O)NC(=S)Nc1ccc(OCCCc2ccccc2)cc1. The van der Waals surface area contributed by atoms with E-state index in [1.54, 1.807) is 0 Å². The molecule has 0 aliphatic carbocycles. The van der Waals surface area contributed by atoms with Crippen LogP contribution in [0.2, 0.25) is 0 Å². The highest BCUT2D eigenvalue weighted by Gasteiger charge is 2.04. The number of hydrogen-bond acceptors (Lipinski definition) is 3. The number of thiocarbonyl (C=S) groups is 1. The Morgan fingerprint density at radius 1 is 1.04 bits per heavy atom. The van der Waals surface area contributed by atoms with Gasteiger partial charge in [0, 0.05) is 12.1 Å². The first-order chi connectivity index (χ1) is 12.7. The van der Waals surface area contributed by atoms with E-state index < -0.39 is 0 Å². The van der Waals surface area contributed by atoms with Gasteiger partial charge in [-0.05, 0) is 61.3 Å². The van der Waals surface area contributed by atoms with Crippen LogP contribution in [0.15, 0.2) is 54.6 Å². The van der Waals surface area contributed by atoms with Gasteiger partial charge in [0.05, 0.1) is 6.61 Å². The molecule has 26 heavy (non-hydrogen) atoms. The Hall–Kier alpha value is -2.40. The van der Waals surface area contributed by atoms with Gasteiger partial charge < -0.3 is 15.4 Å². The molecule has 2 N–H and O–H groups in total. The van der Waals surface area contributed by atoms with Crippen LogP contribution in [0, 0.1) is 0 Å². The first-order valence-electron chi connectivity index (χ1n) is 9.05. The number of carbonyl (C=O) groups is 1. The Balaban J connectivity index is 1.68. The van der Waals surface area contributed by atoms with Crippen molar-refractivity contribution in [2.75, 3.05) is 11.9 Å². The van der Waals surface area contributed by atoms with Crippen LogP contribution in [-0.4, -0.2) is 17.6 Å². The molecule has 0 fully saturated rings. The summed E-state index contributed by atoms with van der Waals surface area (Å²) in [5, 5.41) is 6.02. The molecule has 2 aromatic carbocycles. The van der Waals surface area contributed by atoms with Gasteiger partial charge >= 0.3 is 0 Å². The van der Waals surface area contributed by atoms with Crippen molar-refractivity contribution < 1.29 is 9.53 Å². The van der Waals surface area contributed by atoms with Gasteiger partial charge in [0.2, 0.25) is 5.91 Å². The smallest absolute Gasteiger partial charge is 0.226 e. The Bertz CT molecular complexity index is 687. The molecular weight excluding hydrogens is 344 g/mol. The molecular formula is C21H26N2O2S. The van der Waals surface area contributed by atoms with Crippen LogP contribution in [0.3, 0.4) is 0 Å². The van der Waals surface area contributed by atoms with Crippen molar-refractivity contribution in [3.63, 3.8) is 0 Å². The zero-order valence-electron chi connectivity index (χ0n) is 15.2. The second-order valence-electron chi connectivity index (χ2n) is 6.07. The van der Waals surface area contributed by atoms with E-state index >= 15 is 0 Å². The van der Waals surface area contributed by atoms with E-state index in [1.807, 2.05) is 30.3 Å². The average Bonchev–Trinajstić information content (AvgIpc) is 2.65. The summed E-state index contributed by atoms with van der Waals surface area (Å²) < 4.78 is 5.77. The Morgan fingerprint density at radius 2 is 1.77 bits per heavy atom. The molecule has 1 amide bonds.